The van der Waals surface area contributed by atoms with Crippen LogP contribution in [0.15, 0.2) is 59.8 Å². The molecule has 0 atom stereocenters. The van der Waals surface area contributed by atoms with Crippen molar-refractivity contribution in [1.29, 1.82) is 0 Å². The van der Waals surface area contributed by atoms with Gasteiger partial charge in [-0.2, -0.15) is 18.2 Å². The van der Waals surface area contributed by atoms with Gasteiger partial charge in [0.25, 0.3) is 10.0 Å². The quantitative estimate of drug-likeness (QED) is 0.478. The van der Waals surface area contributed by atoms with E-state index in [2.05, 4.69) is 23.9 Å². The van der Waals surface area contributed by atoms with Gasteiger partial charge in [-0.05, 0) is 54.5 Å². The fraction of sp³-hybridized carbons (Fsp3) is 0.444. The van der Waals surface area contributed by atoms with Gasteiger partial charge in [0.1, 0.15) is 24.5 Å². The number of pyridine rings is 1. The van der Waals surface area contributed by atoms with Gasteiger partial charge in [0.05, 0.1) is 31.1 Å². The second-order valence-corrected chi connectivity index (χ2v) is 12.2. The van der Waals surface area contributed by atoms with Crippen LogP contribution in [0.2, 0.25) is 0 Å². The van der Waals surface area contributed by atoms with Gasteiger partial charge >= 0.3 is 5.56 Å². The summed E-state index contributed by atoms with van der Waals surface area (Å²) in [6.07, 6.45) is 7.61. The van der Waals surface area contributed by atoms with Crippen LogP contribution < -0.4 is 19.5 Å². The summed E-state index contributed by atoms with van der Waals surface area (Å²) < 4.78 is 34.3. The zero-order valence-electron chi connectivity index (χ0n) is 21.3. The van der Waals surface area contributed by atoms with E-state index in [4.69, 9.17) is 4.74 Å². The maximum absolute atomic E-state index is 13.7. The van der Waals surface area contributed by atoms with Crippen molar-refractivity contribution in [3.63, 3.8) is 0 Å². The summed E-state index contributed by atoms with van der Waals surface area (Å²) in [5.41, 5.74) is 2.86. The number of hydrogen-bond donors (Lipinski definition) is 1. The number of quaternary nitrogens is 1. The van der Waals surface area contributed by atoms with Crippen molar-refractivity contribution >= 4 is 15.7 Å². The first-order valence-electron chi connectivity index (χ1n) is 12.9. The molecule has 3 heterocycles. The van der Waals surface area contributed by atoms with Crippen LogP contribution in [0.4, 0.5) is 5.69 Å². The average Bonchev–Trinajstić information content (AvgIpc) is 2.89. The van der Waals surface area contributed by atoms with Crippen molar-refractivity contribution in [2.75, 3.05) is 31.1 Å². The summed E-state index contributed by atoms with van der Waals surface area (Å²) in [5.74, 6) is 0.838. The molecular formula is C27H34N5O4S+. The normalized spacial score (nSPS) is 20.4. The standard InChI is InChI=1S/C27H33N5O4S/c1-3-21-6-4-8-23(16-21)32-27(33)26(36-24-14-20(2)15-24)25(18-29-32)30-10-12-31(13-11-30)37(34,35)19-22-7-5-9-28-17-22/h4-9,16-18,20,24H,3,10-15,19H2,1-2H3/p+1. The van der Waals surface area contributed by atoms with Crippen molar-refractivity contribution in [2.24, 2.45) is 5.92 Å². The number of piperazine rings is 1. The Morgan fingerprint density at radius 3 is 2.51 bits per heavy atom. The van der Waals surface area contributed by atoms with Gasteiger partial charge in [-0.3, -0.25) is 9.78 Å². The number of hydrogen-bond acceptors (Lipinski definition) is 7. The zero-order chi connectivity index (χ0) is 26.0. The summed E-state index contributed by atoms with van der Waals surface area (Å²) in [7, 11) is -3.39. The Labute approximate surface area is 217 Å². The van der Waals surface area contributed by atoms with Crippen molar-refractivity contribution < 1.29 is 17.5 Å². The molecule has 1 N–H and O–H groups in total. The van der Waals surface area contributed by atoms with Gasteiger partial charge < -0.3 is 9.64 Å². The molecule has 1 aromatic carbocycles. The molecule has 3 aromatic rings. The van der Waals surface area contributed by atoms with Crippen LogP contribution in [0.25, 0.3) is 5.69 Å². The van der Waals surface area contributed by atoms with E-state index in [1.807, 2.05) is 29.2 Å². The van der Waals surface area contributed by atoms with E-state index in [-0.39, 0.29) is 17.4 Å². The highest BCUT2D eigenvalue weighted by atomic mass is 32.2. The molecule has 0 unspecified atom stereocenters. The van der Waals surface area contributed by atoms with Gasteiger partial charge in [-0.1, -0.05) is 32.0 Å². The lowest BCUT2D eigenvalue weighted by Gasteiger charge is -2.36. The lowest BCUT2D eigenvalue weighted by atomic mass is 9.84. The van der Waals surface area contributed by atoms with Crippen molar-refractivity contribution in [1.82, 2.24) is 14.8 Å². The molecule has 9 nitrogen and oxygen atoms in total. The van der Waals surface area contributed by atoms with Gasteiger partial charge in [0, 0.05) is 12.4 Å². The molecule has 1 aliphatic heterocycles. The zero-order valence-corrected chi connectivity index (χ0v) is 22.2. The van der Waals surface area contributed by atoms with Crippen LogP contribution in [0, 0.1) is 5.92 Å². The van der Waals surface area contributed by atoms with E-state index in [0.29, 0.717) is 59.1 Å². The minimum atomic E-state index is -3.39. The van der Waals surface area contributed by atoms with Gasteiger partial charge in [-0.15, -0.1) is 0 Å². The lowest BCUT2D eigenvalue weighted by molar-refractivity contribution is -0.768. The molecular weight excluding hydrogens is 490 g/mol. The third-order valence-electron chi connectivity index (χ3n) is 7.27. The smallest absolute Gasteiger partial charge is 0.316 e. The molecule has 2 fully saturated rings. The second kappa shape index (κ2) is 10.6. The summed E-state index contributed by atoms with van der Waals surface area (Å²) in [4.78, 5) is 19.7. The highest BCUT2D eigenvalue weighted by molar-refractivity contribution is 7.84. The first-order valence-corrected chi connectivity index (χ1v) is 14.6. The molecule has 0 amide bonds. The number of nitrogens with zero attached hydrogens (tertiary/aromatic N) is 4. The number of rotatable bonds is 8. The molecule has 2 aliphatic rings. The van der Waals surface area contributed by atoms with Crippen LogP contribution >= 0.6 is 0 Å². The minimum Gasteiger partial charge on any atom is -0.483 e. The summed E-state index contributed by atoms with van der Waals surface area (Å²) in [5, 5.41) is 4.50. The molecule has 37 heavy (non-hydrogen) atoms. The first-order chi connectivity index (χ1) is 17.8. The summed E-state index contributed by atoms with van der Waals surface area (Å²) in [6.45, 7) is 6.03. The molecule has 196 valence electrons. The highest BCUT2D eigenvalue weighted by Crippen LogP contribution is 2.33. The van der Waals surface area contributed by atoms with Crippen molar-refractivity contribution in [3.8, 4) is 11.4 Å². The van der Waals surface area contributed by atoms with E-state index in [0.717, 1.165) is 24.8 Å². The third-order valence-corrected chi connectivity index (χ3v) is 9.28. The first kappa shape index (κ1) is 25.4. The number of ether oxygens (including phenoxy) is 1. The van der Waals surface area contributed by atoms with Gasteiger partial charge in [0.15, 0.2) is 0 Å². The summed E-state index contributed by atoms with van der Waals surface area (Å²) >= 11 is 0. The van der Waals surface area contributed by atoms with E-state index < -0.39 is 10.0 Å². The monoisotopic (exact) mass is 524 g/mol. The van der Waals surface area contributed by atoms with E-state index in [9.17, 15) is 13.2 Å². The fourth-order valence-corrected chi connectivity index (χ4v) is 6.68. The molecule has 10 heteroatoms. The number of aromatic nitrogens is 3. The van der Waals surface area contributed by atoms with Crippen molar-refractivity contribution in [3.05, 3.63) is 76.5 Å². The second-order valence-electron chi connectivity index (χ2n) is 10.1. The van der Waals surface area contributed by atoms with E-state index in [1.165, 1.54) is 4.68 Å². The van der Waals surface area contributed by atoms with Crippen LogP contribution in [-0.4, -0.2) is 55.5 Å². The van der Waals surface area contributed by atoms with Gasteiger partial charge in [0.2, 0.25) is 5.75 Å². The van der Waals surface area contributed by atoms with E-state index >= 15 is 0 Å². The number of anilines is 1. The predicted octanol–water partition coefficient (Wildman–Crippen LogP) is 1.60. The number of nitrogens with one attached hydrogen (secondary N) is 1. The Balaban J connectivity index is 1.38. The maximum Gasteiger partial charge on any atom is 0.316 e. The van der Waals surface area contributed by atoms with Crippen LogP contribution in [0.5, 0.6) is 5.75 Å². The van der Waals surface area contributed by atoms with Gasteiger partial charge in [-0.25, -0.2) is 4.31 Å². The highest BCUT2D eigenvalue weighted by Gasteiger charge is 2.34. The molecule has 2 aromatic heterocycles. The van der Waals surface area contributed by atoms with Crippen LogP contribution in [0.3, 0.4) is 0 Å². The lowest BCUT2D eigenvalue weighted by Crippen LogP contribution is -3.16. The minimum absolute atomic E-state index is 0.00560. The summed E-state index contributed by atoms with van der Waals surface area (Å²) in [6, 6.07) is 11.3. The van der Waals surface area contributed by atoms with Crippen LogP contribution in [0.1, 0.15) is 37.8 Å². The Kier molecular flexibility index (Phi) is 7.30. The Bertz CT molecular complexity index is 1400. The number of aryl methyl sites for hydroxylation is 1. The van der Waals surface area contributed by atoms with Crippen molar-refractivity contribution in [2.45, 2.75) is 45.0 Å². The molecule has 1 saturated heterocycles. The number of benzene rings is 1. The molecule has 0 radical (unpaired) electrons. The molecule has 0 bridgehead atoms. The van der Waals surface area contributed by atoms with E-state index in [1.54, 1.807) is 30.7 Å². The topological polar surface area (TPSA) is 98.8 Å². The molecule has 1 saturated carbocycles. The Morgan fingerprint density at radius 2 is 1.84 bits per heavy atom. The average molecular weight is 525 g/mol. The largest absolute Gasteiger partial charge is 0.483 e. The Hall–Kier alpha value is -3.24. The third kappa shape index (κ3) is 5.55. The molecule has 0 spiro atoms. The fourth-order valence-electron chi connectivity index (χ4n) is 5.06. The molecule has 5 rings (SSSR count). The Morgan fingerprint density at radius 1 is 1.08 bits per heavy atom. The SMILES string of the molecule is CCc1cccc(-n2ncc(N3CC[NH+](S(=O)(=O)Cc4cccnc4)CC3)c(OC3CC(C)C3)c2=O)c1. The number of sulfonamides is 1. The maximum atomic E-state index is 13.7. The molecule has 1 aliphatic carbocycles. The van der Waals surface area contributed by atoms with Crippen LogP contribution in [-0.2, 0) is 22.2 Å². The predicted molar refractivity (Wildman–Crippen MR) is 142 cm³/mol.